The number of aliphatic hydroxyl groups excluding tert-OH is 1. The fourth-order valence-corrected chi connectivity index (χ4v) is 6.78. The first kappa shape index (κ1) is 46.2. The molecule has 0 saturated carbocycles. The molecule has 15 nitrogen and oxygen atoms in total. The van der Waals surface area contributed by atoms with Crippen LogP contribution in [0.15, 0.2) is 60.8 Å². The Bertz CT molecular complexity index is 1920. The highest BCUT2D eigenvalue weighted by atomic mass is 19.1. The molecule has 0 unspecified atom stereocenters. The van der Waals surface area contributed by atoms with Crippen molar-refractivity contribution in [2.75, 3.05) is 52.5 Å². The molecule has 59 heavy (non-hydrogen) atoms. The van der Waals surface area contributed by atoms with Crippen LogP contribution in [-0.4, -0.2) is 114 Å². The summed E-state index contributed by atoms with van der Waals surface area (Å²) in [6.45, 7) is 5.90. The number of aromatic nitrogens is 1. The van der Waals surface area contributed by atoms with Gasteiger partial charge in [0.1, 0.15) is 24.8 Å². The highest BCUT2D eigenvalue weighted by Crippen LogP contribution is 2.41. The van der Waals surface area contributed by atoms with Crippen molar-refractivity contribution in [1.29, 1.82) is 0 Å². The van der Waals surface area contributed by atoms with Gasteiger partial charge in [-0.1, -0.05) is 51.1 Å². The Morgan fingerprint density at radius 3 is 2.15 bits per heavy atom. The van der Waals surface area contributed by atoms with Gasteiger partial charge >= 0.3 is 0 Å². The lowest BCUT2D eigenvalue weighted by Crippen LogP contribution is -2.46. The van der Waals surface area contributed by atoms with Gasteiger partial charge < -0.3 is 41.0 Å². The molecule has 1 aliphatic heterocycles. The molecule has 1 aromatic heterocycles. The minimum atomic E-state index is -0.775. The molecule has 3 aromatic rings. The molecule has 2 aromatic carbocycles. The van der Waals surface area contributed by atoms with Gasteiger partial charge in [0, 0.05) is 87.5 Å². The number of benzene rings is 2. The molecule has 6 amide bonds. The summed E-state index contributed by atoms with van der Waals surface area (Å²) in [5.74, 6) is -3.73. The van der Waals surface area contributed by atoms with Gasteiger partial charge in [-0.3, -0.25) is 33.7 Å². The number of hydrogen-bond donors (Lipinski definition) is 5. The number of nitrogens with zero attached hydrogens (tertiary/aromatic N) is 3. The number of amides is 6. The lowest BCUT2D eigenvalue weighted by atomic mass is 9.82. The minimum Gasteiger partial charge on any atom is -0.387 e. The number of rotatable bonds is 22. The number of carbonyl (C=O) groups is 6. The van der Waals surface area contributed by atoms with E-state index in [9.17, 15) is 38.3 Å². The van der Waals surface area contributed by atoms with Crippen molar-refractivity contribution in [3.8, 4) is 11.1 Å². The summed E-state index contributed by atoms with van der Waals surface area (Å²) in [6.07, 6.45) is 2.01. The van der Waals surface area contributed by atoms with Crippen LogP contribution in [0.5, 0.6) is 0 Å². The number of ether oxygens (including phenoxy) is 1. The van der Waals surface area contributed by atoms with Crippen LogP contribution in [0.4, 0.5) is 8.78 Å². The number of carbonyl (C=O) groups excluding carboxylic acids is 6. The van der Waals surface area contributed by atoms with Crippen LogP contribution in [0.2, 0.25) is 0 Å². The molecule has 1 saturated heterocycles. The van der Waals surface area contributed by atoms with Gasteiger partial charge in [-0.25, -0.2) is 8.78 Å². The van der Waals surface area contributed by atoms with Crippen LogP contribution in [-0.2, 0) is 40.0 Å². The second kappa shape index (κ2) is 22.0. The van der Waals surface area contributed by atoms with Gasteiger partial charge in [-0.2, -0.15) is 0 Å². The lowest BCUT2D eigenvalue weighted by Gasteiger charge is -2.41. The van der Waals surface area contributed by atoms with Crippen molar-refractivity contribution in [2.45, 2.75) is 71.5 Å². The second-order valence-corrected chi connectivity index (χ2v) is 15.4. The largest absolute Gasteiger partial charge is 0.387 e. The highest BCUT2D eigenvalue weighted by Gasteiger charge is 2.37. The number of likely N-dealkylation sites (tertiary alicyclic amines) is 1. The first-order chi connectivity index (χ1) is 28.1. The Morgan fingerprint density at radius 1 is 0.898 bits per heavy atom. The summed E-state index contributed by atoms with van der Waals surface area (Å²) >= 11 is 0. The first-order valence-corrected chi connectivity index (χ1v) is 19.6. The van der Waals surface area contributed by atoms with Crippen molar-refractivity contribution in [2.24, 2.45) is 11.1 Å². The van der Waals surface area contributed by atoms with Gasteiger partial charge in [0.15, 0.2) is 0 Å². The van der Waals surface area contributed by atoms with Crippen molar-refractivity contribution < 1.29 is 47.4 Å². The Balaban J connectivity index is 1.26. The van der Waals surface area contributed by atoms with Crippen LogP contribution >= 0.6 is 0 Å². The summed E-state index contributed by atoms with van der Waals surface area (Å²) in [7, 11) is 0. The van der Waals surface area contributed by atoms with Gasteiger partial charge in [0.05, 0.1) is 19.3 Å². The fraction of sp³-hybridized carbons (Fsp3) is 0.476. The molecule has 2 heterocycles. The van der Waals surface area contributed by atoms with Gasteiger partial charge in [-0.05, 0) is 41.7 Å². The third-order valence-electron chi connectivity index (χ3n) is 9.71. The molecular weight excluding hydrogens is 768 g/mol. The third-order valence-corrected chi connectivity index (χ3v) is 9.71. The maximum atomic E-state index is 15.0. The maximum Gasteiger partial charge on any atom is 0.248 e. The molecule has 6 N–H and O–H groups in total. The van der Waals surface area contributed by atoms with Gasteiger partial charge in [0.25, 0.3) is 0 Å². The summed E-state index contributed by atoms with van der Waals surface area (Å²) < 4.78 is 36.6. The number of imide groups is 1. The molecule has 1 aliphatic rings. The zero-order chi connectivity index (χ0) is 43.1. The zero-order valence-electron chi connectivity index (χ0n) is 33.8. The molecule has 0 bridgehead atoms. The Hall–Kier alpha value is -5.52. The minimum absolute atomic E-state index is 0.0597. The summed E-state index contributed by atoms with van der Waals surface area (Å²) in [6, 6.07) is 13.3. The quantitative estimate of drug-likeness (QED) is 0.0745. The van der Waals surface area contributed by atoms with Gasteiger partial charge in [-0.15, -0.1) is 0 Å². The molecule has 17 heteroatoms. The Morgan fingerprint density at radius 2 is 1.53 bits per heavy atom. The monoisotopic (exact) mass is 823 g/mol. The summed E-state index contributed by atoms with van der Waals surface area (Å²) in [5.41, 5.74) is 7.86. The summed E-state index contributed by atoms with van der Waals surface area (Å²) in [4.78, 5) is 75.9. The predicted molar refractivity (Wildman–Crippen MR) is 214 cm³/mol. The van der Waals surface area contributed by atoms with E-state index in [-0.39, 0.29) is 101 Å². The maximum absolute atomic E-state index is 15.0. The molecule has 0 spiro atoms. The Labute approximate surface area is 342 Å². The van der Waals surface area contributed by atoms with E-state index in [0.717, 1.165) is 28.7 Å². The average molecular weight is 824 g/mol. The second-order valence-electron chi connectivity index (χ2n) is 15.4. The van der Waals surface area contributed by atoms with Crippen molar-refractivity contribution >= 4 is 35.4 Å². The topological polar surface area (TPSA) is 205 Å². The van der Waals surface area contributed by atoms with E-state index in [2.05, 4.69) is 16.0 Å². The van der Waals surface area contributed by atoms with E-state index in [1.807, 2.05) is 55.7 Å². The van der Waals surface area contributed by atoms with Crippen LogP contribution in [0, 0.1) is 17.0 Å². The highest BCUT2D eigenvalue weighted by molar-refractivity contribution is 6.04. The molecule has 320 valence electrons. The standard InChI is InChI=1S/C42H55F2N7O8/c1-42(2,3)41(34-21-29(32-22-30(43)9-10-33(32)44)25-49(34)24-28-7-5-4-6-8-28)50(40(58)27-52)18-15-31(45)23-48-36(54)12-11-35(53)46-16-19-59-20-17-47-37(55)26-51-38(56)13-14-39(51)57/h4-10,21-22,25,31,41,52H,11-20,23-24,26-27,45H2,1-3H3,(H,46,53)(H,47,55)(H,48,54)/t31-,41-/m0/s1. The lowest BCUT2D eigenvalue weighted by molar-refractivity contribution is -0.142. The molecule has 2 atom stereocenters. The Kier molecular flexibility index (Phi) is 17.2. The molecule has 4 rings (SSSR count). The van der Waals surface area contributed by atoms with Crippen LogP contribution in [0.25, 0.3) is 11.1 Å². The van der Waals surface area contributed by atoms with Crippen molar-refractivity contribution in [3.05, 3.63) is 83.7 Å². The first-order valence-electron chi connectivity index (χ1n) is 19.6. The molecular formula is C42H55F2N7O8. The number of nitrogens with two attached hydrogens (primary N) is 1. The SMILES string of the molecule is CC(C)(C)[C@H](c1cc(-c2cc(F)ccc2F)cn1Cc1ccccc1)N(CC[C@H](N)CNC(=O)CCC(=O)NCCOCCNC(=O)CN1C(=O)CCC1=O)C(=O)CO. The molecule has 0 aliphatic carbocycles. The van der Waals surface area contributed by atoms with Crippen LogP contribution in [0.3, 0.4) is 0 Å². The predicted octanol–water partition coefficient (Wildman–Crippen LogP) is 2.40. The number of aliphatic hydroxyl groups is 1. The van der Waals surface area contributed by atoms with Crippen molar-refractivity contribution in [1.82, 2.24) is 30.3 Å². The number of nitrogens with one attached hydrogen (secondary N) is 3. The van der Waals surface area contributed by atoms with E-state index < -0.39 is 53.5 Å². The van der Waals surface area contributed by atoms with E-state index in [1.165, 1.54) is 4.90 Å². The van der Waals surface area contributed by atoms with Crippen LogP contribution < -0.4 is 21.7 Å². The zero-order valence-corrected chi connectivity index (χ0v) is 33.8. The third kappa shape index (κ3) is 14.1. The van der Waals surface area contributed by atoms with Gasteiger partial charge in [0.2, 0.25) is 35.4 Å². The van der Waals surface area contributed by atoms with Crippen molar-refractivity contribution in [3.63, 3.8) is 0 Å². The van der Waals surface area contributed by atoms with E-state index in [0.29, 0.717) is 17.8 Å². The smallest absolute Gasteiger partial charge is 0.248 e. The molecule has 0 radical (unpaired) electrons. The normalized spacial score (nSPS) is 13.9. The summed E-state index contributed by atoms with van der Waals surface area (Å²) in [5, 5.41) is 18.0. The fourth-order valence-electron chi connectivity index (χ4n) is 6.78. The number of hydrogen-bond acceptors (Lipinski definition) is 9. The van der Waals surface area contributed by atoms with E-state index in [4.69, 9.17) is 10.5 Å². The van der Waals surface area contributed by atoms with Crippen LogP contribution in [0.1, 0.15) is 70.2 Å². The average Bonchev–Trinajstić information content (AvgIpc) is 3.75. The van der Waals surface area contributed by atoms with E-state index in [1.54, 1.807) is 12.3 Å². The van der Waals surface area contributed by atoms with E-state index >= 15 is 4.39 Å². The number of halogens is 2. The molecule has 1 fully saturated rings.